The van der Waals surface area contributed by atoms with Gasteiger partial charge in [0.1, 0.15) is 0 Å². The molecule has 0 spiro atoms. The van der Waals surface area contributed by atoms with Crippen molar-refractivity contribution >= 4 is 17.8 Å². The molecule has 0 aliphatic carbocycles. The minimum Gasteiger partial charge on any atom is -0.493 e. The average Bonchev–Trinajstić information content (AvgIpc) is 3.13. The maximum atomic E-state index is 12.1. The largest absolute Gasteiger partial charge is 0.493 e. The van der Waals surface area contributed by atoms with Crippen LogP contribution in [0.5, 0.6) is 11.5 Å². The molecule has 0 aliphatic heterocycles. The van der Waals surface area contributed by atoms with Gasteiger partial charge in [-0.05, 0) is 35.9 Å². The summed E-state index contributed by atoms with van der Waals surface area (Å²) in [6, 6.07) is 12.9. The Morgan fingerprint density at radius 1 is 1.15 bits per heavy atom. The SMILES string of the molecule is COc1ccc(/C=C/C(=O)Nc2ccn(Cc3ccccn3)n2)cc1OC. The molecule has 0 saturated carbocycles. The van der Waals surface area contributed by atoms with E-state index >= 15 is 0 Å². The van der Waals surface area contributed by atoms with Gasteiger partial charge in [0.05, 0.1) is 26.5 Å². The van der Waals surface area contributed by atoms with Gasteiger partial charge in [-0.15, -0.1) is 0 Å². The zero-order chi connectivity index (χ0) is 19.1. The smallest absolute Gasteiger partial charge is 0.249 e. The first-order chi connectivity index (χ1) is 13.2. The first-order valence-corrected chi connectivity index (χ1v) is 8.32. The number of hydrogen-bond acceptors (Lipinski definition) is 5. The summed E-state index contributed by atoms with van der Waals surface area (Å²) in [4.78, 5) is 16.4. The number of aromatic nitrogens is 3. The summed E-state index contributed by atoms with van der Waals surface area (Å²) >= 11 is 0. The fourth-order valence-corrected chi connectivity index (χ4v) is 2.47. The van der Waals surface area contributed by atoms with E-state index in [-0.39, 0.29) is 5.91 Å². The van der Waals surface area contributed by atoms with Gasteiger partial charge in [0, 0.05) is 24.5 Å². The van der Waals surface area contributed by atoms with Gasteiger partial charge >= 0.3 is 0 Å². The number of nitrogens with zero attached hydrogens (tertiary/aromatic N) is 3. The number of rotatable bonds is 7. The van der Waals surface area contributed by atoms with Crippen LogP contribution < -0.4 is 14.8 Å². The molecular weight excluding hydrogens is 344 g/mol. The van der Waals surface area contributed by atoms with Crippen LogP contribution in [0.15, 0.2) is 60.9 Å². The van der Waals surface area contributed by atoms with Gasteiger partial charge in [0.2, 0.25) is 5.91 Å². The van der Waals surface area contributed by atoms with Gasteiger partial charge in [-0.1, -0.05) is 12.1 Å². The lowest BCUT2D eigenvalue weighted by Crippen LogP contribution is -2.09. The number of hydrogen-bond donors (Lipinski definition) is 1. The molecule has 0 fully saturated rings. The Labute approximate surface area is 157 Å². The van der Waals surface area contributed by atoms with Crippen molar-refractivity contribution in [3.8, 4) is 11.5 Å². The van der Waals surface area contributed by atoms with E-state index in [0.29, 0.717) is 23.9 Å². The normalized spacial score (nSPS) is 10.7. The first-order valence-electron chi connectivity index (χ1n) is 8.32. The maximum Gasteiger partial charge on any atom is 0.249 e. The summed E-state index contributed by atoms with van der Waals surface area (Å²) < 4.78 is 12.2. The predicted molar refractivity (Wildman–Crippen MR) is 103 cm³/mol. The molecule has 1 aromatic carbocycles. The zero-order valence-corrected chi connectivity index (χ0v) is 15.1. The average molecular weight is 364 g/mol. The minimum absolute atomic E-state index is 0.270. The van der Waals surface area contributed by atoms with Gasteiger partial charge in [-0.25, -0.2) is 0 Å². The molecule has 0 saturated heterocycles. The summed E-state index contributed by atoms with van der Waals surface area (Å²) in [7, 11) is 3.15. The zero-order valence-electron chi connectivity index (χ0n) is 15.1. The van der Waals surface area contributed by atoms with Crippen molar-refractivity contribution in [2.75, 3.05) is 19.5 Å². The molecule has 0 atom stereocenters. The van der Waals surface area contributed by atoms with Crippen LogP contribution in [0.4, 0.5) is 5.82 Å². The number of carbonyl (C=O) groups is 1. The highest BCUT2D eigenvalue weighted by atomic mass is 16.5. The number of benzene rings is 1. The topological polar surface area (TPSA) is 78.3 Å². The van der Waals surface area contributed by atoms with Crippen molar-refractivity contribution in [3.63, 3.8) is 0 Å². The summed E-state index contributed by atoms with van der Waals surface area (Å²) in [5.41, 5.74) is 1.72. The molecule has 1 amide bonds. The van der Waals surface area contributed by atoms with E-state index in [0.717, 1.165) is 11.3 Å². The second-order valence-electron chi connectivity index (χ2n) is 5.66. The number of methoxy groups -OCH3 is 2. The standard InChI is InChI=1S/C20H20N4O3/c1-26-17-8-6-15(13-18(17)27-2)7-9-20(25)22-19-10-12-24(23-19)14-16-5-3-4-11-21-16/h3-13H,14H2,1-2H3,(H,22,23,25)/b9-7+. The summed E-state index contributed by atoms with van der Waals surface area (Å²) in [5.74, 6) is 1.45. The van der Waals surface area contributed by atoms with E-state index in [4.69, 9.17) is 9.47 Å². The third-order valence-corrected chi connectivity index (χ3v) is 3.78. The molecule has 0 aliphatic rings. The second-order valence-corrected chi connectivity index (χ2v) is 5.66. The number of ether oxygens (including phenoxy) is 2. The number of nitrogens with one attached hydrogen (secondary N) is 1. The third-order valence-electron chi connectivity index (χ3n) is 3.78. The van der Waals surface area contributed by atoms with Crippen molar-refractivity contribution in [2.45, 2.75) is 6.54 Å². The van der Waals surface area contributed by atoms with E-state index in [1.807, 2.05) is 24.3 Å². The third kappa shape index (κ3) is 4.94. The predicted octanol–water partition coefficient (Wildman–Crippen LogP) is 3.00. The number of carbonyl (C=O) groups excluding carboxylic acids is 1. The van der Waals surface area contributed by atoms with Crippen LogP contribution in [0.1, 0.15) is 11.3 Å². The van der Waals surface area contributed by atoms with Crippen LogP contribution in [0.25, 0.3) is 6.08 Å². The molecule has 7 nitrogen and oxygen atoms in total. The molecular formula is C20H20N4O3. The lowest BCUT2D eigenvalue weighted by molar-refractivity contribution is -0.111. The molecule has 3 rings (SSSR count). The van der Waals surface area contributed by atoms with Gasteiger partial charge in [-0.3, -0.25) is 14.5 Å². The van der Waals surface area contributed by atoms with E-state index in [2.05, 4.69) is 15.4 Å². The Kier molecular flexibility index (Phi) is 5.84. The quantitative estimate of drug-likeness (QED) is 0.652. The highest BCUT2D eigenvalue weighted by Gasteiger charge is 2.05. The van der Waals surface area contributed by atoms with Crippen LogP contribution in [-0.4, -0.2) is 34.9 Å². The van der Waals surface area contributed by atoms with Crippen molar-refractivity contribution in [3.05, 3.63) is 72.2 Å². The lowest BCUT2D eigenvalue weighted by Gasteiger charge is -2.07. The van der Waals surface area contributed by atoms with Gasteiger partial charge in [0.25, 0.3) is 0 Å². The maximum absolute atomic E-state index is 12.1. The molecule has 0 unspecified atom stereocenters. The Morgan fingerprint density at radius 3 is 2.74 bits per heavy atom. The number of amides is 1. The van der Waals surface area contributed by atoms with Crippen molar-refractivity contribution in [1.29, 1.82) is 0 Å². The van der Waals surface area contributed by atoms with Crippen LogP contribution in [0.3, 0.4) is 0 Å². The van der Waals surface area contributed by atoms with Crippen molar-refractivity contribution in [1.82, 2.24) is 14.8 Å². The molecule has 1 N–H and O–H groups in total. The van der Waals surface area contributed by atoms with E-state index in [1.54, 1.807) is 55.6 Å². The Bertz CT molecular complexity index is 935. The molecule has 27 heavy (non-hydrogen) atoms. The van der Waals surface area contributed by atoms with Crippen LogP contribution in [0.2, 0.25) is 0 Å². The summed E-state index contributed by atoms with van der Waals surface area (Å²) in [6.45, 7) is 0.540. The molecule has 7 heteroatoms. The van der Waals surface area contributed by atoms with E-state index < -0.39 is 0 Å². The van der Waals surface area contributed by atoms with Crippen LogP contribution in [0, 0.1) is 0 Å². The second kappa shape index (κ2) is 8.66. The van der Waals surface area contributed by atoms with Crippen molar-refractivity contribution in [2.24, 2.45) is 0 Å². The highest BCUT2D eigenvalue weighted by molar-refractivity contribution is 6.01. The highest BCUT2D eigenvalue weighted by Crippen LogP contribution is 2.27. The van der Waals surface area contributed by atoms with Crippen molar-refractivity contribution < 1.29 is 14.3 Å². The Hall–Kier alpha value is -3.61. The monoisotopic (exact) mass is 364 g/mol. The Morgan fingerprint density at radius 2 is 2.00 bits per heavy atom. The first kappa shape index (κ1) is 18.2. The lowest BCUT2D eigenvalue weighted by atomic mass is 10.2. The minimum atomic E-state index is -0.270. The Balaban J connectivity index is 1.60. The van der Waals surface area contributed by atoms with Crippen LogP contribution >= 0.6 is 0 Å². The molecule has 3 aromatic rings. The molecule has 138 valence electrons. The van der Waals surface area contributed by atoms with Gasteiger partial charge in [0.15, 0.2) is 17.3 Å². The molecule has 2 heterocycles. The van der Waals surface area contributed by atoms with E-state index in [1.165, 1.54) is 6.08 Å². The van der Waals surface area contributed by atoms with Gasteiger partial charge < -0.3 is 14.8 Å². The molecule has 0 bridgehead atoms. The summed E-state index contributed by atoms with van der Waals surface area (Å²) in [6.07, 6.45) is 6.67. The number of pyridine rings is 1. The van der Waals surface area contributed by atoms with Gasteiger partial charge in [-0.2, -0.15) is 5.10 Å². The fraction of sp³-hybridized carbons (Fsp3) is 0.150. The number of anilines is 1. The molecule has 2 aromatic heterocycles. The van der Waals surface area contributed by atoms with Crippen LogP contribution in [-0.2, 0) is 11.3 Å². The fourth-order valence-electron chi connectivity index (χ4n) is 2.47. The molecule has 0 radical (unpaired) electrons. The summed E-state index contributed by atoms with van der Waals surface area (Å²) in [5, 5.41) is 7.06. The van der Waals surface area contributed by atoms with E-state index in [9.17, 15) is 4.79 Å².